The molecule has 0 saturated carbocycles. The molecule has 2 aliphatic rings. The van der Waals surface area contributed by atoms with Gasteiger partial charge in [0.05, 0.1) is 5.69 Å². The number of hydrogen-bond acceptors (Lipinski definition) is 3. The number of pyridine rings is 1. The largest absolute Gasteiger partial charge is 0.299 e. The molecule has 3 rings (SSSR count). The summed E-state index contributed by atoms with van der Waals surface area (Å²) in [5.41, 5.74) is 1.18. The Kier molecular flexibility index (Phi) is 3.97. The van der Waals surface area contributed by atoms with Crippen LogP contribution in [-0.2, 0) is 6.54 Å². The zero-order chi connectivity index (χ0) is 12.4. The van der Waals surface area contributed by atoms with Crippen molar-refractivity contribution in [3.8, 4) is 0 Å². The zero-order valence-corrected chi connectivity index (χ0v) is 12.3. The van der Waals surface area contributed by atoms with Gasteiger partial charge in [-0.2, -0.15) is 0 Å². The molecule has 0 aliphatic carbocycles. The Hall–Kier alpha value is -0.450. The molecule has 3 heterocycles. The number of rotatable bonds is 3. The van der Waals surface area contributed by atoms with Crippen molar-refractivity contribution in [1.82, 2.24) is 14.8 Å². The van der Waals surface area contributed by atoms with Crippen LogP contribution in [0, 0.1) is 0 Å². The lowest BCUT2D eigenvalue weighted by atomic mass is 10.2. The highest BCUT2D eigenvalue weighted by Gasteiger charge is 2.29. The van der Waals surface area contributed by atoms with Crippen LogP contribution in [0.15, 0.2) is 22.8 Å². The lowest BCUT2D eigenvalue weighted by Crippen LogP contribution is -2.35. The summed E-state index contributed by atoms with van der Waals surface area (Å²) in [6.07, 6.45) is 6.01. The Morgan fingerprint density at radius 3 is 2.78 bits per heavy atom. The van der Waals surface area contributed by atoms with Gasteiger partial charge in [-0.25, -0.2) is 0 Å². The minimum atomic E-state index is 0.794. The first-order valence-electron chi connectivity index (χ1n) is 6.88. The summed E-state index contributed by atoms with van der Waals surface area (Å²) in [5.74, 6) is 0. The van der Waals surface area contributed by atoms with E-state index < -0.39 is 0 Å². The molecule has 98 valence electrons. The molecule has 0 radical (unpaired) electrons. The van der Waals surface area contributed by atoms with Crippen LogP contribution < -0.4 is 0 Å². The summed E-state index contributed by atoms with van der Waals surface area (Å²) in [4.78, 5) is 9.68. The molecule has 1 unspecified atom stereocenters. The van der Waals surface area contributed by atoms with Crippen molar-refractivity contribution >= 4 is 15.9 Å². The van der Waals surface area contributed by atoms with Crippen LogP contribution in [0.1, 0.15) is 25.0 Å². The van der Waals surface area contributed by atoms with Crippen LogP contribution >= 0.6 is 15.9 Å². The van der Waals surface area contributed by atoms with E-state index in [2.05, 4.69) is 42.8 Å². The van der Waals surface area contributed by atoms with Gasteiger partial charge in [-0.05, 0) is 60.4 Å². The lowest BCUT2D eigenvalue weighted by molar-refractivity contribution is 0.229. The molecule has 0 N–H and O–H groups in total. The number of halogens is 1. The summed E-state index contributed by atoms with van der Waals surface area (Å²) in [6, 6.07) is 4.99. The Bertz CT molecular complexity index is 387. The second-order valence-corrected chi connectivity index (χ2v) is 6.30. The fraction of sp³-hybridized carbons (Fsp3) is 0.643. The van der Waals surface area contributed by atoms with E-state index in [0.717, 1.165) is 17.1 Å². The van der Waals surface area contributed by atoms with Gasteiger partial charge in [0.15, 0.2) is 0 Å². The number of aromatic nitrogens is 1. The van der Waals surface area contributed by atoms with Gasteiger partial charge in [-0.3, -0.25) is 14.8 Å². The molecule has 18 heavy (non-hydrogen) atoms. The summed E-state index contributed by atoms with van der Waals surface area (Å²) < 4.78 is 1.06. The van der Waals surface area contributed by atoms with Crippen molar-refractivity contribution in [2.45, 2.75) is 31.8 Å². The van der Waals surface area contributed by atoms with E-state index in [-0.39, 0.29) is 0 Å². The summed E-state index contributed by atoms with van der Waals surface area (Å²) in [5, 5.41) is 0. The number of likely N-dealkylation sites (tertiary alicyclic amines) is 2. The van der Waals surface area contributed by atoms with Crippen molar-refractivity contribution in [3.05, 3.63) is 28.5 Å². The van der Waals surface area contributed by atoms with Crippen molar-refractivity contribution in [2.24, 2.45) is 0 Å². The highest BCUT2D eigenvalue weighted by molar-refractivity contribution is 9.10. The highest BCUT2D eigenvalue weighted by atomic mass is 79.9. The van der Waals surface area contributed by atoms with Crippen molar-refractivity contribution in [2.75, 3.05) is 26.2 Å². The quantitative estimate of drug-likeness (QED) is 0.855. The van der Waals surface area contributed by atoms with Crippen LogP contribution in [-0.4, -0.2) is 47.0 Å². The second kappa shape index (κ2) is 5.68. The molecule has 0 amide bonds. The van der Waals surface area contributed by atoms with Gasteiger partial charge < -0.3 is 0 Å². The molecular formula is C14H20BrN3. The van der Waals surface area contributed by atoms with Gasteiger partial charge >= 0.3 is 0 Å². The van der Waals surface area contributed by atoms with E-state index in [0.29, 0.717) is 0 Å². The molecule has 1 aromatic rings. The predicted molar refractivity (Wildman–Crippen MR) is 76.4 cm³/mol. The Morgan fingerprint density at radius 2 is 2.06 bits per heavy atom. The normalized spacial score (nSPS) is 25.9. The zero-order valence-electron chi connectivity index (χ0n) is 10.7. The lowest BCUT2D eigenvalue weighted by Gasteiger charge is -2.23. The van der Waals surface area contributed by atoms with Gasteiger partial charge in [-0.15, -0.1) is 0 Å². The third-order valence-corrected chi connectivity index (χ3v) is 4.55. The van der Waals surface area contributed by atoms with Crippen LogP contribution in [0.25, 0.3) is 0 Å². The minimum absolute atomic E-state index is 0.794. The summed E-state index contributed by atoms with van der Waals surface area (Å²) >= 11 is 3.43. The van der Waals surface area contributed by atoms with Crippen molar-refractivity contribution in [1.29, 1.82) is 0 Å². The van der Waals surface area contributed by atoms with Gasteiger partial charge in [0.25, 0.3) is 0 Å². The smallest absolute Gasteiger partial charge is 0.0544 e. The first-order valence-corrected chi connectivity index (χ1v) is 7.67. The van der Waals surface area contributed by atoms with Crippen LogP contribution in [0.5, 0.6) is 0 Å². The molecular weight excluding hydrogens is 290 g/mol. The van der Waals surface area contributed by atoms with E-state index in [1.165, 1.54) is 51.1 Å². The van der Waals surface area contributed by atoms with E-state index in [9.17, 15) is 0 Å². The van der Waals surface area contributed by atoms with Gasteiger partial charge in [-0.1, -0.05) is 0 Å². The van der Waals surface area contributed by atoms with Crippen molar-refractivity contribution in [3.63, 3.8) is 0 Å². The monoisotopic (exact) mass is 309 g/mol. The molecule has 3 nitrogen and oxygen atoms in total. The average molecular weight is 310 g/mol. The maximum atomic E-state index is 4.46. The molecule has 4 heteroatoms. The molecule has 0 spiro atoms. The van der Waals surface area contributed by atoms with E-state index in [1.54, 1.807) is 0 Å². The standard InChI is InChI=1S/C14H20BrN3/c15-12-3-4-13(16-9-12)10-17-8-5-14(11-17)18-6-1-2-7-18/h3-4,9,14H,1-2,5-8,10-11H2. The fourth-order valence-electron chi connectivity index (χ4n) is 3.09. The molecule has 2 aliphatic heterocycles. The van der Waals surface area contributed by atoms with E-state index >= 15 is 0 Å². The highest BCUT2D eigenvalue weighted by Crippen LogP contribution is 2.21. The molecule has 1 atom stereocenters. The van der Waals surface area contributed by atoms with Crippen molar-refractivity contribution < 1.29 is 0 Å². The number of nitrogens with zero attached hydrogens (tertiary/aromatic N) is 3. The first kappa shape index (κ1) is 12.6. The molecule has 0 bridgehead atoms. The maximum absolute atomic E-state index is 4.46. The van der Waals surface area contributed by atoms with Crippen LogP contribution in [0.3, 0.4) is 0 Å². The predicted octanol–water partition coefficient (Wildman–Crippen LogP) is 2.51. The number of hydrogen-bond donors (Lipinski definition) is 0. The first-order chi connectivity index (χ1) is 8.81. The summed E-state index contributed by atoms with van der Waals surface area (Å²) in [7, 11) is 0. The van der Waals surface area contributed by atoms with E-state index in [4.69, 9.17) is 0 Å². The van der Waals surface area contributed by atoms with Gasteiger partial charge in [0.2, 0.25) is 0 Å². The third kappa shape index (κ3) is 2.92. The Labute approximate surface area is 117 Å². The fourth-order valence-corrected chi connectivity index (χ4v) is 3.32. The SMILES string of the molecule is Brc1ccc(CN2CCC(N3CCCC3)C2)nc1. The minimum Gasteiger partial charge on any atom is -0.299 e. The second-order valence-electron chi connectivity index (χ2n) is 5.39. The topological polar surface area (TPSA) is 19.4 Å². The molecule has 0 aromatic carbocycles. The molecule has 2 fully saturated rings. The van der Waals surface area contributed by atoms with Crippen LogP contribution in [0.4, 0.5) is 0 Å². The summed E-state index contributed by atoms with van der Waals surface area (Å²) in [6.45, 7) is 6.07. The average Bonchev–Trinajstić information content (AvgIpc) is 3.02. The van der Waals surface area contributed by atoms with E-state index in [1.807, 2.05) is 6.20 Å². The third-order valence-electron chi connectivity index (χ3n) is 4.08. The van der Waals surface area contributed by atoms with Gasteiger partial charge in [0, 0.05) is 36.3 Å². The van der Waals surface area contributed by atoms with Crippen LogP contribution in [0.2, 0.25) is 0 Å². The Balaban J connectivity index is 1.54. The molecule has 1 aromatic heterocycles. The maximum Gasteiger partial charge on any atom is 0.0544 e. The van der Waals surface area contributed by atoms with Gasteiger partial charge in [0.1, 0.15) is 0 Å². The Morgan fingerprint density at radius 1 is 1.22 bits per heavy atom. The molecule has 2 saturated heterocycles.